The Hall–Kier alpha value is -4.50. The zero-order valence-electron chi connectivity index (χ0n) is 22.9. The van der Waals surface area contributed by atoms with E-state index in [1.54, 1.807) is 17.0 Å². The molecule has 1 fully saturated rings. The number of nitrogens with one attached hydrogen (secondary N) is 3. The van der Waals surface area contributed by atoms with Gasteiger partial charge in [-0.05, 0) is 94.2 Å². The Bertz CT molecular complexity index is 1690. The summed E-state index contributed by atoms with van der Waals surface area (Å²) in [5.74, 6) is 1.13. The molecule has 40 heavy (non-hydrogen) atoms. The van der Waals surface area contributed by atoms with Crippen LogP contribution in [0, 0.1) is 6.92 Å². The lowest BCUT2D eigenvalue weighted by atomic mass is 9.98. The topological polar surface area (TPSA) is 110 Å². The predicted molar refractivity (Wildman–Crippen MR) is 159 cm³/mol. The zero-order chi connectivity index (χ0) is 27.6. The molecule has 204 valence electrons. The molecule has 1 aliphatic heterocycles. The Balaban J connectivity index is 1.29. The van der Waals surface area contributed by atoms with Crippen LogP contribution in [0.4, 0.5) is 17.3 Å². The quantitative estimate of drug-likeness (QED) is 0.236. The first-order valence-electron chi connectivity index (χ1n) is 13.7. The molecule has 0 spiro atoms. The lowest BCUT2D eigenvalue weighted by molar-refractivity contribution is 0.479. The fourth-order valence-electron chi connectivity index (χ4n) is 5.31. The van der Waals surface area contributed by atoms with E-state index in [1.807, 2.05) is 57.2 Å². The average Bonchev–Trinajstić information content (AvgIpc) is 3.50. The maximum absolute atomic E-state index is 13.8. The Morgan fingerprint density at radius 2 is 1.77 bits per heavy atom. The second kappa shape index (κ2) is 10.9. The SMILES string of the molecule is Cc1cc(-c2cnco2)ccc1-c1cc2cnc(Nc3ccc(NC4CCNCC4)cc3)nc2n(C(C)C)c1=O. The molecular formula is C31H33N7O2. The van der Waals surface area contributed by atoms with Gasteiger partial charge < -0.3 is 20.4 Å². The molecule has 2 aromatic carbocycles. The summed E-state index contributed by atoms with van der Waals surface area (Å²) < 4.78 is 7.18. The Kier molecular flexibility index (Phi) is 7.04. The molecule has 0 radical (unpaired) electrons. The number of fused-ring (bicyclic) bond motifs is 1. The van der Waals surface area contributed by atoms with Crippen LogP contribution in [0.25, 0.3) is 33.5 Å². The van der Waals surface area contributed by atoms with E-state index in [2.05, 4.69) is 38.1 Å². The van der Waals surface area contributed by atoms with Crippen molar-refractivity contribution < 1.29 is 4.42 Å². The van der Waals surface area contributed by atoms with E-state index >= 15 is 0 Å². The number of benzene rings is 2. The van der Waals surface area contributed by atoms with Gasteiger partial charge in [0.25, 0.3) is 5.56 Å². The molecule has 0 atom stereocenters. The number of nitrogens with zero attached hydrogens (tertiary/aromatic N) is 4. The molecular weight excluding hydrogens is 502 g/mol. The lowest BCUT2D eigenvalue weighted by Gasteiger charge is -2.24. The minimum absolute atomic E-state index is 0.0870. The van der Waals surface area contributed by atoms with Crippen molar-refractivity contribution in [2.24, 2.45) is 0 Å². The van der Waals surface area contributed by atoms with Crippen LogP contribution >= 0.6 is 0 Å². The molecule has 9 heteroatoms. The minimum atomic E-state index is -0.0909. The van der Waals surface area contributed by atoms with Gasteiger partial charge in [-0.2, -0.15) is 4.98 Å². The van der Waals surface area contributed by atoms with E-state index in [-0.39, 0.29) is 11.6 Å². The van der Waals surface area contributed by atoms with Crippen LogP contribution in [-0.2, 0) is 0 Å². The maximum Gasteiger partial charge on any atom is 0.260 e. The number of pyridine rings is 1. The maximum atomic E-state index is 13.8. The van der Waals surface area contributed by atoms with Crippen molar-refractivity contribution >= 4 is 28.4 Å². The molecule has 6 rings (SSSR count). The van der Waals surface area contributed by atoms with Crippen LogP contribution < -0.4 is 21.5 Å². The van der Waals surface area contributed by atoms with Gasteiger partial charge in [0.1, 0.15) is 5.65 Å². The summed E-state index contributed by atoms with van der Waals surface area (Å²) in [5.41, 5.74) is 5.86. The van der Waals surface area contributed by atoms with E-state index < -0.39 is 0 Å². The Morgan fingerprint density at radius 3 is 2.48 bits per heavy atom. The number of piperidine rings is 1. The monoisotopic (exact) mass is 535 g/mol. The molecule has 0 unspecified atom stereocenters. The summed E-state index contributed by atoms with van der Waals surface area (Å²) in [4.78, 5) is 27.2. The van der Waals surface area contributed by atoms with Gasteiger partial charge in [0.15, 0.2) is 12.2 Å². The van der Waals surface area contributed by atoms with Gasteiger partial charge in [-0.25, -0.2) is 9.97 Å². The molecule has 1 saturated heterocycles. The highest BCUT2D eigenvalue weighted by Crippen LogP contribution is 2.29. The first-order valence-corrected chi connectivity index (χ1v) is 13.7. The third kappa shape index (κ3) is 5.20. The van der Waals surface area contributed by atoms with Crippen LogP contribution in [0.2, 0.25) is 0 Å². The van der Waals surface area contributed by atoms with E-state index in [0.717, 1.165) is 59.4 Å². The Morgan fingerprint density at radius 1 is 1.00 bits per heavy atom. The second-order valence-corrected chi connectivity index (χ2v) is 10.6. The molecule has 0 saturated carbocycles. The van der Waals surface area contributed by atoms with Gasteiger partial charge in [0.05, 0.1) is 6.20 Å². The first-order chi connectivity index (χ1) is 19.5. The zero-order valence-corrected chi connectivity index (χ0v) is 22.9. The summed E-state index contributed by atoms with van der Waals surface area (Å²) >= 11 is 0. The number of rotatable bonds is 7. The molecule has 0 bridgehead atoms. The summed E-state index contributed by atoms with van der Waals surface area (Å²) in [6.07, 6.45) is 7.11. The number of anilines is 3. The normalized spacial score (nSPS) is 14.1. The van der Waals surface area contributed by atoms with E-state index in [9.17, 15) is 4.79 Å². The molecule has 4 heterocycles. The number of hydrogen-bond donors (Lipinski definition) is 3. The molecule has 1 aliphatic rings. The molecule has 5 aromatic rings. The molecule has 0 aliphatic carbocycles. The molecule has 3 aromatic heterocycles. The van der Waals surface area contributed by atoms with Crippen molar-refractivity contribution in [2.75, 3.05) is 23.7 Å². The largest absolute Gasteiger partial charge is 0.444 e. The van der Waals surface area contributed by atoms with Crippen LogP contribution in [0.5, 0.6) is 0 Å². The van der Waals surface area contributed by atoms with Crippen LogP contribution in [-0.4, -0.2) is 38.7 Å². The van der Waals surface area contributed by atoms with Crippen molar-refractivity contribution in [1.29, 1.82) is 0 Å². The van der Waals surface area contributed by atoms with Crippen LogP contribution in [0.15, 0.2) is 76.5 Å². The fourth-order valence-corrected chi connectivity index (χ4v) is 5.31. The van der Waals surface area contributed by atoms with Crippen molar-refractivity contribution in [2.45, 2.75) is 45.7 Å². The molecule has 0 amide bonds. The molecule has 3 N–H and O–H groups in total. The first kappa shape index (κ1) is 25.8. The van der Waals surface area contributed by atoms with Crippen molar-refractivity contribution in [3.05, 3.63) is 83.2 Å². The minimum Gasteiger partial charge on any atom is -0.444 e. The second-order valence-electron chi connectivity index (χ2n) is 10.6. The number of aromatic nitrogens is 4. The summed E-state index contributed by atoms with van der Waals surface area (Å²) in [6.45, 7) is 8.08. The van der Waals surface area contributed by atoms with Gasteiger partial charge in [0.2, 0.25) is 5.95 Å². The van der Waals surface area contributed by atoms with E-state index in [0.29, 0.717) is 29.0 Å². The molecule has 9 nitrogen and oxygen atoms in total. The van der Waals surface area contributed by atoms with Gasteiger partial charge in [-0.1, -0.05) is 12.1 Å². The average molecular weight is 536 g/mol. The third-order valence-corrected chi connectivity index (χ3v) is 7.37. The van der Waals surface area contributed by atoms with Crippen molar-refractivity contribution in [1.82, 2.24) is 24.8 Å². The van der Waals surface area contributed by atoms with E-state index in [1.165, 1.54) is 6.39 Å². The number of hydrogen-bond acceptors (Lipinski definition) is 8. The predicted octanol–water partition coefficient (Wildman–Crippen LogP) is 5.91. The third-order valence-electron chi connectivity index (χ3n) is 7.37. The van der Waals surface area contributed by atoms with Gasteiger partial charge in [-0.3, -0.25) is 9.36 Å². The summed E-state index contributed by atoms with van der Waals surface area (Å²) in [5, 5.41) is 11.1. The highest BCUT2D eigenvalue weighted by molar-refractivity contribution is 5.83. The highest BCUT2D eigenvalue weighted by Gasteiger charge is 2.18. The fraction of sp³-hybridized carbons (Fsp3) is 0.290. The standard InChI is InChI=1S/C31H33N7O2/c1-19(2)38-29-22(15-27(30(38)39)26-9-4-21(14-20(26)3)28-17-33-18-40-28)16-34-31(37-29)36-24-7-5-23(6-8-24)35-25-10-12-32-13-11-25/h4-9,14-19,25,32,35H,10-13H2,1-3H3,(H,34,36,37). The van der Waals surface area contributed by atoms with Crippen LogP contribution in [0.3, 0.4) is 0 Å². The number of oxazole rings is 1. The number of aryl methyl sites for hydroxylation is 1. The van der Waals surface area contributed by atoms with Gasteiger partial charge in [-0.15, -0.1) is 0 Å². The van der Waals surface area contributed by atoms with Gasteiger partial charge >= 0.3 is 0 Å². The summed E-state index contributed by atoms with van der Waals surface area (Å²) in [7, 11) is 0. The Labute approximate surface area is 232 Å². The lowest BCUT2D eigenvalue weighted by Crippen LogP contribution is -2.35. The van der Waals surface area contributed by atoms with Crippen molar-refractivity contribution in [3.63, 3.8) is 0 Å². The van der Waals surface area contributed by atoms with Crippen LogP contribution in [0.1, 0.15) is 38.3 Å². The van der Waals surface area contributed by atoms with Gasteiger partial charge in [0, 0.05) is 46.2 Å². The van der Waals surface area contributed by atoms with Crippen molar-refractivity contribution in [3.8, 4) is 22.5 Å². The van der Waals surface area contributed by atoms with E-state index in [4.69, 9.17) is 9.40 Å². The smallest absolute Gasteiger partial charge is 0.260 e. The highest BCUT2D eigenvalue weighted by atomic mass is 16.3. The summed E-state index contributed by atoms with van der Waals surface area (Å²) in [6, 6.07) is 16.4.